The number of nitrogens with one attached hydrogen (secondary N) is 1. The van der Waals surface area contributed by atoms with Gasteiger partial charge in [0.15, 0.2) is 0 Å². The van der Waals surface area contributed by atoms with Gasteiger partial charge in [0.05, 0.1) is 27.7 Å². The number of carbonyl (C=O) groups is 1. The molecule has 0 aliphatic heterocycles. The Kier molecular flexibility index (Phi) is 7.25. The van der Waals surface area contributed by atoms with Crippen LogP contribution >= 0.6 is 11.3 Å². The molecule has 2 heterocycles. The fourth-order valence-electron chi connectivity index (χ4n) is 2.48. The summed E-state index contributed by atoms with van der Waals surface area (Å²) >= 11 is 1.05. The Bertz CT molecular complexity index is 958. The maximum absolute atomic E-state index is 13.5. The van der Waals surface area contributed by atoms with E-state index in [4.69, 9.17) is 0 Å². The quantitative estimate of drug-likeness (QED) is 0.421. The smallest absolute Gasteiger partial charge is 0.339 e. The highest BCUT2D eigenvalue weighted by molar-refractivity contribution is 7.12. The molecule has 1 amide bonds. The number of carbonyl (C=O) groups excluding carboxylic acids is 1. The van der Waals surface area contributed by atoms with Gasteiger partial charge >= 0.3 is 12.4 Å². The van der Waals surface area contributed by atoms with Gasteiger partial charge < -0.3 is 5.32 Å². The molecule has 0 spiro atoms. The highest BCUT2D eigenvalue weighted by Crippen LogP contribution is 2.36. The minimum absolute atomic E-state index is 0.201. The molecule has 0 aliphatic carbocycles. The van der Waals surface area contributed by atoms with E-state index in [2.05, 4.69) is 16.9 Å². The summed E-state index contributed by atoms with van der Waals surface area (Å²) in [6.07, 6.45) is -5.94. The summed E-state index contributed by atoms with van der Waals surface area (Å²) < 4.78 is 79.2. The highest BCUT2D eigenvalue weighted by Gasteiger charge is 2.37. The maximum Gasteiger partial charge on any atom is 0.418 e. The van der Waals surface area contributed by atoms with E-state index in [0.29, 0.717) is 6.08 Å². The largest absolute Gasteiger partial charge is 0.418 e. The molecule has 0 aliphatic rings. The molecule has 0 radical (unpaired) electrons. The lowest BCUT2D eigenvalue weighted by Crippen LogP contribution is -2.31. The van der Waals surface area contributed by atoms with E-state index in [1.54, 1.807) is 11.4 Å². The molecule has 0 saturated heterocycles. The zero-order valence-electron chi connectivity index (χ0n) is 15.5. The van der Waals surface area contributed by atoms with Crippen LogP contribution in [0.15, 0.2) is 71.8 Å². The number of alkyl halides is 6. The van der Waals surface area contributed by atoms with E-state index in [9.17, 15) is 31.1 Å². The fourth-order valence-corrected chi connectivity index (χ4v) is 3.11. The maximum atomic E-state index is 13.5. The van der Waals surface area contributed by atoms with Crippen LogP contribution in [0.4, 0.5) is 26.3 Å². The van der Waals surface area contributed by atoms with Crippen molar-refractivity contribution >= 4 is 17.2 Å². The Morgan fingerprint density at radius 3 is 2.40 bits per heavy atom. The van der Waals surface area contributed by atoms with E-state index in [1.807, 2.05) is 0 Å². The molecule has 1 N–H and O–H groups in total. The van der Waals surface area contributed by atoms with Crippen molar-refractivity contribution in [1.29, 1.82) is 0 Å². The minimum atomic E-state index is -4.79. The summed E-state index contributed by atoms with van der Waals surface area (Å²) in [5, 5.41) is 3.99. The van der Waals surface area contributed by atoms with E-state index >= 15 is 0 Å². The Balaban J connectivity index is 2.47. The number of aromatic nitrogens is 1. The molecular formula is C20H16F6N2OS. The number of nitrogens with zero attached hydrogens (tertiary/aromatic N) is 1. The summed E-state index contributed by atoms with van der Waals surface area (Å²) in [5.41, 5.74) is -2.91. The number of hydrogen-bond acceptors (Lipinski definition) is 3. The number of thiophene rings is 1. The zero-order valence-corrected chi connectivity index (χ0v) is 16.3. The molecule has 2 aromatic heterocycles. The van der Waals surface area contributed by atoms with Crippen LogP contribution in [0.2, 0.25) is 0 Å². The fraction of sp³-hybridized carbons (Fsp3) is 0.200. The first-order valence-corrected chi connectivity index (χ1v) is 9.30. The average Bonchev–Trinajstić information content (AvgIpc) is 3.19. The molecule has 0 saturated carbocycles. The second-order valence-electron chi connectivity index (χ2n) is 5.97. The van der Waals surface area contributed by atoms with Gasteiger partial charge in [-0.15, -0.1) is 11.3 Å². The normalized spacial score (nSPS) is 14.0. The van der Waals surface area contributed by atoms with Crippen molar-refractivity contribution in [3.05, 3.63) is 87.9 Å². The SMILES string of the molecule is C=C(/C=C\C(=C/C)C(F)(F)F)[C@H](NC(=O)c1cccs1)c1ncccc1C(F)(F)F. The number of halogens is 6. The number of rotatable bonds is 6. The summed E-state index contributed by atoms with van der Waals surface area (Å²) in [6.45, 7) is 4.75. The van der Waals surface area contributed by atoms with Crippen LogP contribution in [0.1, 0.15) is 33.9 Å². The van der Waals surface area contributed by atoms with Crippen LogP contribution in [0.25, 0.3) is 0 Å². The third kappa shape index (κ3) is 5.82. The van der Waals surface area contributed by atoms with Crippen LogP contribution < -0.4 is 5.32 Å². The zero-order chi connectivity index (χ0) is 22.5. The van der Waals surface area contributed by atoms with Crippen LogP contribution in [-0.4, -0.2) is 17.1 Å². The molecule has 2 rings (SSSR count). The first-order valence-electron chi connectivity index (χ1n) is 8.42. The number of amides is 1. The van der Waals surface area contributed by atoms with Gasteiger partial charge in [0.2, 0.25) is 0 Å². The molecular weight excluding hydrogens is 430 g/mol. The number of allylic oxidation sites excluding steroid dienone is 3. The van der Waals surface area contributed by atoms with Gasteiger partial charge in [0.25, 0.3) is 5.91 Å². The van der Waals surface area contributed by atoms with Crippen LogP contribution in [0.5, 0.6) is 0 Å². The van der Waals surface area contributed by atoms with Crippen molar-refractivity contribution in [2.75, 3.05) is 0 Å². The summed E-state index contributed by atoms with van der Waals surface area (Å²) in [5.74, 6) is -0.703. The Morgan fingerprint density at radius 1 is 1.17 bits per heavy atom. The molecule has 0 fully saturated rings. The van der Waals surface area contributed by atoms with Gasteiger partial charge in [-0.25, -0.2) is 0 Å². The minimum Gasteiger partial charge on any atom is -0.339 e. The van der Waals surface area contributed by atoms with Gasteiger partial charge in [-0.1, -0.05) is 30.9 Å². The topological polar surface area (TPSA) is 42.0 Å². The van der Waals surface area contributed by atoms with Crippen LogP contribution in [-0.2, 0) is 6.18 Å². The predicted octanol–water partition coefficient (Wildman–Crippen LogP) is 6.25. The van der Waals surface area contributed by atoms with Crippen molar-refractivity contribution in [3.8, 4) is 0 Å². The second kappa shape index (κ2) is 9.29. The molecule has 30 heavy (non-hydrogen) atoms. The monoisotopic (exact) mass is 446 g/mol. The third-order valence-corrected chi connectivity index (χ3v) is 4.79. The first kappa shape index (κ1) is 23.4. The molecule has 2 aromatic rings. The number of pyridine rings is 1. The van der Waals surface area contributed by atoms with Gasteiger partial charge in [0, 0.05) is 6.20 Å². The van der Waals surface area contributed by atoms with Crippen molar-refractivity contribution in [2.24, 2.45) is 0 Å². The third-order valence-electron chi connectivity index (χ3n) is 3.92. The summed E-state index contributed by atoms with van der Waals surface area (Å²) in [7, 11) is 0. The molecule has 10 heteroatoms. The van der Waals surface area contributed by atoms with Crippen molar-refractivity contribution in [1.82, 2.24) is 10.3 Å². The average molecular weight is 446 g/mol. The van der Waals surface area contributed by atoms with Crippen LogP contribution in [0, 0.1) is 0 Å². The van der Waals surface area contributed by atoms with Crippen molar-refractivity contribution < 1.29 is 31.1 Å². The molecule has 1 atom stereocenters. The van der Waals surface area contributed by atoms with Gasteiger partial charge in [-0.3, -0.25) is 9.78 Å². The Morgan fingerprint density at radius 2 is 1.87 bits per heavy atom. The second-order valence-corrected chi connectivity index (χ2v) is 6.92. The number of hydrogen-bond donors (Lipinski definition) is 1. The molecule has 0 aromatic carbocycles. The van der Waals surface area contributed by atoms with Gasteiger partial charge in [0.1, 0.15) is 0 Å². The van der Waals surface area contributed by atoms with E-state index in [-0.39, 0.29) is 10.5 Å². The van der Waals surface area contributed by atoms with Crippen LogP contribution in [0.3, 0.4) is 0 Å². The summed E-state index contributed by atoms with van der Waals surface area (Å²) in [4.78, 5) is 16.4. The standard InChI is InChI=1S/C20H16F6N2OS/c1-3-13(19(21,22)23)9-8-12(2)16(28-18(29)15-7-5-11-30-15)17-14(20(24,25)26)6-4-10-27-17/h3-11,16H,2H2,1H3,(H,28,29)/b9-8-,13-3+/t16-/m0/s1. The summed E-state index contributed by atoms with van der Waals surface area (Å²) in [6, 6.07) is 3.38. The van der Waals surface area contributed by atoms with Crippen molar-refractivity contribution in [3.63, 3.8) is 0 Å². The molecule has 160 valence electrons. The lowest BCUT2D eigenvalue weighted by molar-refractivity contribution is -0.138. The predicted molar refractivity (Wildman–Crippen MR) is 102 cm³/mol. The first-order chi connectivity index (χ1) is 13.9. The molecule has 0 unspecified atom stereocenters. The van der Waals surface area contributed by atoms with Gasteiger partial charge in [-0.2, -0.15) is 26.3 Å². The van der Waals surface area contributed by atoms with Crippen molar-refractivity contribution in [2.45, 2.75) is 25.3 Å². The Hall–Kier alpha value is -2.88. The van der Waals surface area contributed by atoms with E-state index in [0.717, 1.165) is 41.8 Å². The van der Waals surface area contributed by atoms with E-state index < -0.39 is 41.1 Å². The van der Waals surface area contributed by atoms with E-state index in [1.165, 1.54) is 13.0 Å². The lowest BCUT2D eigenvalue weighted by atomic mass is 9.98. The highest BCUT2D eigenvalue weighted by atomic mass is 32.1. The Labute approximate surface area is 172 Å². The lowest BCUT2D eigenvalue weighted by Gasteiger charge is -2.22. The van der Waals surface area contributed by atoms with Gasteiger partial charge in [-0.05, 0) is 36.1 Å². The molecule has 3 nitrogen and oxygen atoms in total. The molecule has 0 bridgehead atoms.